The Bertz CT molecular complexity index is 298. The molecule has 1 rings (SSSR count). The molecule has 1 aromatic rings. The van der Waals surface area contributed by atoms with E-state index in [1.165, 1.54) is 12.7 Å². The average molecular weight is 207 g/mol. The molecule has 0 fully saturated rings. The Kier molecular flexibility index (Phi) is 4.84. The van der Waals surface area contributed by atoms with Gasteiger partial charge in [0.05, 0.1) is 13.5 Å². The van der Waals surface area contributed by atoms with E-state index in [4.69, 9.17) is 5.73 Å². The number of carbonyl (C=O) groups excluding carboxylic acids is 1. The maximum Gasteiger partial charge on any atom is 0.307 e. The highest BCUT2D eigenvalue weighted by atomic mass is 16.5. The smallest absolute Gasteiger partial charge is 0.307 e. The Balaban J connectivity index is 2.28. The van der Waals surface area contributed by atoms with Crippen molar-refractivity contribution in [1.82, 2.24) is 0 Å². The monoisotopic (exact) mass is 207 g/mol. The molecule has 0 bridgehead atoms. The molecule has 0 saturated carbocycles. The highest BCUT2D eigenvalue weighted by Crippen LogP contribution is 2.06. The lowest BCUT2D eigenvalue weighted by Crippen LogP contribution is -2.25. The molecule has 82 valence electrons. The zero-order valence-electron chi connectivity index (χ0n) is 8.98. The van der Waals surface area contributed by atoms with Crippen molar-refractivity contribution in [3.63, 3.8) is 0 Å². The second-order valence-corrected chi connectivity index (χ2v) is 3.56. The molecule has 0 radical (unpaired) electrons. The molecule has 0 spiro atoms. The largest absolute Gasteiger partial charge is 0.469 e. The van der Waals surface area contributed by atoms with Crippen molar-refractivity contribution in [3.8, 4) is 0 Å². The summed E-state index contributed by atoms with van der Waals surface area (Å²) in [6.07, 6.45) is 2.00. The molecule has 0 heterocycles. The summed E-state index contributed by atoms with van der Waals surface area (Å²) in [5, 5.41) is 0. The molecule has 0 aliphatic heterocycles. The predicted molar refractivity (Wildman–Crippen MR) is 59.4 cm³/mol. The summed E-state index contributed by atoms with van der Waals surface area (Å²) in [6, 6.07) is 9.99. The molecule has 2 N–H and O–H groups in total. The van der Waals surface area contributed by atoms with E-state index in [2.05, 4.69) is 16.9 Å². The summed E-state index contributed by atoms with van der Waals surface area (Å²) >= 11 is 0. The van der Waals surface area contributed by atoms with Gasteiger partial charge in [-0.1, -0.05) is 30.3 Å². The van der Waals surface area contributed by atoms with Crippen LogP contribution in [-0.4, -0.2) is 19.1 Å². The van der Waals surface area contributed by atoms with Crippen LogP contribution in [-0.2, 0) is 16.0 Å². The first-order valence-corrected chi connectivity index (χ1v) is 5.08. The summed E-state index contributed by atoms with van der Waals surface area (Å²) < 4.78 is 4.55. The van der Waals surface area contributed by atoms with Gasteiger partial charge in [-0.05, 0) is 18.4 Å². The van der Waals surface area contributed by atoms with Crippen molar-refractivity contribution in [1.29, 1.82) is 0 Å². The van der Waals surface area contributed by atoms with Gasteiger partial charge in [0.2, 0.25) is 0 Å². The number of carbonyl (C=O) groups is 1. The van der Waals surface area contributed by atoms with E-state index < -0.39 is 0 Å². The summed E-state index contributed by atoms with van der Waals surface area (Å²) in [7, 11) is 1.38. The summed E-state index contributed by atoms with van der Waals surface area (Å²) in [4.78, 5) is 10.9. The van der Waals surface area contributed by atoms with Gasteiger partial charge >= 0.3 is 5.97 Å². The van der Waals surface area contributed by atoms with Gasteiger partial charge in [0.1, 0.15) is 0 Å². The van der Waals surface area contributed by atoms with Gasteiger partial charge in [-0.15, -0.1) is 0 Å². The number of benzene rings is 1. The minimum absolute atomic E-state index is 0.113. The number of rotatable bonds is 5. The van der Waals surface area contributed by atoms with Crippen LogP contribution in [0.4, 0.5) is 0 Å². The molecule has 15 heavy (non-hydrogen) atoms. The normalized spacial score (nSPS) is 12.1. The second kappa shape index (κ2) is 6.19. The maximum absolute atomic E-state index is 10.9. The molecule has 1 atom stereocenters. The van der Waals surface area contributed by atoms with Crippen LogP contribution in [0.15, 0.2) is 30.3 Å². The van der Waals surface area contributed by atoms with Crippen molar-refractivity contribution in [2.24, 2.45) is 5.73 Å². The first-order chi connectivity index (χ1) is 7.22. The molecule has 0 aliphatic rings. The lowest BCUT2D eigenvalue weighted by molar-refractivity contribution is -0.141. The van der Waals surface area contributed by atoms with Crippen LogP contribution in [0, 0.1) is 0 Å². The molecule has 1 unspecified atom stereocenters. The van der Waals surface area contributed by atoms with Gasteiger partial charge < -0.3 is 10.5 Å². The lowest BCUT2D eigenvalue weighted by Gasteiger charge is -2.09. The molecular formula is C12H17NO2. The minimum Gasteiger partial charge on any atom is -0.469 e. The fraction of sp³-hybridized carbons (Fsp3) is 0.417. The standard InChI is InChI=1S/C12H17NO2/c1-15-12(14)9-11(13)8-7-10-5-3-2-4-6-10/h2-6,11H,7-9,13H2,1H3. The first kappa shape index (κ1) is 11.7. The van der Waals surface area contributed by atoms with Crippen LogP contribution in [0.5, 0.6) is 0 Å². The third-order valence-electron chi connectivity index (χ3n) is 2.30. The number of aryl methyl sites for hydroxylation is 1. The third kappa shape index (κ3) is 4.61. The van der Waals surface area contributed by atoms with Crippen molar-refractivity contribution in [3.05, 3.63) is 35.9 Å². The summed E-state index contributed by atoms with van der Waals surface area (Å²) in [5.74, 6) is -0.240. The van der Waals surface area contributed by atoms with E-state index in [1.54, 1.807) is 0 Å². The van der Waals surface area contributed by atoms with Crippen molar-refractivity contribution < 1.29 is 9.53 Å². The van der Waals surface area contributed by atoms with E-state index >= 15 is 0 Å². The van der Waals surface area contributed by atoms with Gasteiger partial charge in [0.15, 0.2) is 0 Å². The average Bonchev–Trinajstić information content (AvgIpc) is 2.27. The van der Waals surface area contributed by atoms with Crippen LogP contribution in [0.2, 0.25) is 0 Å². The summed E-state index contributed by atoms with van der Waals surface area (Å²) in [6.45, 7) is 0. The first-order valence-electron chi connectivity index (χ1n) is 5.08. The Hall–Kier alpha value is -1.35. The molecule has 1 aromatic carbocycles. The number of hydrogen-bond acceptors (Lipinski definition) is 3. The Labute approximate surface area is 90.2 Å². The molecule has 0 aliphatic carbocycles. The van der Waals surface area contributed by atoms with E-state index in [9.17, 15) is 4.79 Å². The van der Waals surface area contributed by atoms with Gasteiger partial charge in [-0.2, -0.15) is 0 Å². The van der Waals surface area contributed by atoms with Crippen LogP contribution >= 0.6 is 0 Å². The zero-order valence-corrected chi connectivity index (χ0v) is 8.98. The highest BCUT2D eigenvalue weighted by molar-refractivity contribution is 5.69. The van der Waals surface area contributed by atoms with Gasteiger partial charge in [-0.25, -0.2) is 0 Å². The third-order valence-corrected chi connectivity index (χ3v) is 2.30. The van der Waals surface area contributed by atoms with E-state index in [-0.39, 0.29) is 12.0 Å². The van der Waals surface area contributed by atoms with E-state index in [1.807, 2.05) is 18.2 Å². The molecule has 0 saturated heterocycles. The van der Waals surface area contributed by atoms with Crippen LogP contribution in [0.1, 0.15) is 18.4 Å². The lowest BCUT2D eigenvalue weighted by atomic mass is 10.0. The molecular weight excluding hydrogens is 190 g/mol. The fourth-order valence-corrected chi connectivity index (χ4v) is 1.40. The van der Waals surface area contributed by atoms with Crippen LogP contribution in [0.25, 0.3) is 0 Å². The minimum atomic E-state index is -0.240. The van der Waals surface area contributed by atoms with E-state index in [0.717, 1.165) is 12.8 Å². The second-order valence-electron chi connectivity index (χ2n) is 3.56. The fourth-order valence-electron chi connectivity index (χ4n) is 1.40. The van der Waals surface area contributed by atoms with Crippen molar-refractivity contribution in [2.75, 3.05) is 7.11 Å². The SMILES string of the molecule is COC(=O)CC(N)CCc1ccccc1. The maximum atomic E-state index is 10.9. The topological polar surface area (TPSA) is 52.3 Å². The molecule has 3 nitrogen and oxygen atoms in total. The zero-order chi connectivity index (χ0) is 11.1. The molecule has 3 heteroatoms. The van der Waals surface area contributed by atoms with Crippen LogP contribution in [0.3, 0.4) is 0 Å². The van der Waals surface area contributed by atoms with Crippen molar-refractivity contribution >= 4 is 5.97 Å². The highest BCUT2D eigenvalue weighted by Gasteiger charge is 2.09. The summed E-state index contributed by atoms with van der Waals surface area (Å²) in [5.41, 5.74) is 7.05. The van der Waals surface area contributed by atoms with Crippen LogP contribution < -0.4 is 5.73 Å². The molecule has 0 amide bonds. The van der Waals surface area contributed by atoms with Gasteiger partial charge in [0.25, 0.3) is 0 Å². The predicted octanol–water partition coefficient (Wildman–Crippen LogP) is 1.51. The number of nitrogens with two attached hydrogens (primary N) is 1. The quantitative estimate of drug-likeness (QED) is 0.744. The number of hydrogen-bond donors (Lipinski definition) is 1. The molecule has 0 aromatic heterocycles. The number of methoxy groups -OCH3 is 1. The number of esters is 1. The Morgan fingerprint density at radius 3 is 2.67 bits per heavy atom. The Morgan fingerprint density at radius 2 is 2.07 bits per heavy atom. The van der Waals surface area contributed by atoms with Gasteiger partial charge in [0, 0.05) is 6.04 Å². The van der Waals surface area contributed by atoms with Gasteiger partial charge in [-0.3, -0.25) is 4.79 Å². The van der Waals surface area contributed by atoms with E-state index in [0.29, 0.717) is 6.42 Å². The van der Waals surface area contributed by atoms with Crippen molar-refractivity contribution in [2.45, 2.75) is 25.3 Å². The Morgan fingerprint density at radius 1 is 1.40 bits per heavy atom. The number of ether oxygens (including phenoxy) is 1.